The van der Waals surface area contributed by atoms with E-state index in [2.05, 4.69) is 14.9 Å². The van der Waals surface area contributed by atoms with Gasteiger partial charge in [0.1, 0.15) is 5.58 Å². The second-order valence-electron chi connectivity index (χ2n) is 8.10. The van der Waals surface area contributed by atoms with Crippen molar-refractivity contribution in [3.05, 3.63) is 84.6 Å². The maximum absolute atomic E-state index is 12.7. The number of para-hydroxylation sites is 1. The van der Waals surface area contributed by atoms with Crippen LogP contribution in [0.1, 0.15) is 35.0 Å². The Bertz CT molecular complexity index is 1190. The molecular formula is C25H24N4O3. The first kappa shape index (κ1) is 20.1. The van der Waals surface area contributed by atoms with Crippen molar-refractivity contribution in [1.29, 1.82) is 0 Å². The summed E-state index contributed by atoms with van der Waals surface area (Å²) in [5, 5.41) is 3.74. The number of nitrogens with zero attached hydrogens (tertiary/aromatic N) is 3. The Morgan fingerprint density at radius 2 is 1.84 bits per heavy atom. The zero-order valence-corrected chi connectivity index (χ0v) is 17.6. The monoisotopic (exact) mass is 428 g/mol. The molecule has 1 saturated heterocycles. The van der Waals surface area contributed by atoms with Gasteiger partial charge in [-0.25, -0.2) is 4.98 Å². The smallest absolute Gasteiger partial charge is 0.291 e. The summed E-state index contributed by atoms with van der Waals surface area (Å²) in [6, 6.07) is 17.0. The van der Waals surface area contributed by atoms with E-state index in [4.69, 9.17) is 4.42 Å². The van der Waals surface area contributed by atoms with Crippen LogP contribution in [0.25, 0.3) is 11.0 Å². The third-order valence-electron chi connectivity index (χ3n) is 5.98. The Balaban J connectivity index is 1.15. The van der Waals surface area contributed by atoms with E-state index in [0.717, 1.165) is 36.9 Å². The largest absolute Gasteiger partial charge is 0.451 e. The number of furan rings is 1. The molecule has 0 aliphatic carbocycles. The number of fused-ring (bicyclic) bond motifs is 1. The molecule has 1 aliphatic rings. The van der Waals surface area contributed by atoms with E-state index in [1.54, 1.807) is 12.3 Å². The van der Waals surface area contributed by atoms with Gasteiger partial charge in [-0.3, -0.25) is 9.59 Å². The summed E-state index contributed by atoms with van der Waals surface area (Å²) in [5.74, 6) is 0.100. The van der Waals surface area contributed by atoms with Crippen molar-refractivity contribution in [2.24, 2.45) is 0 Å². The Morgan fingerprint density at radius 1 is 1.06 bits per heavy atom. The standard InChI is InChI=1S/C25H24N4O3/c30-24(28-12-9-21(10-13-28)29-14-11-26-17-29)15-18-5-7-20(8-6-18)27-25(31)23-16-19-3-1-2-4-22(19)32-23/h1-8,11,14,16-17,21H,9-10,12-13,15H2,(H,27,31). The number of carbonyl (C=O) groups excluding carboxylic acids is 2. The average molecular weight is 428 g/mol. The fraction of sp³-hybridized carbons (Fsp3) is 0.240. The van der Waals surface area contributed by atoms with Crippen LogP contribution in [0.4, 0.5) is 5.69 Å². The lowest BCUT2D eigenvalue weighted by Crippen LogP contribution is -2.39. The molecule has 1 fully saturated rings. The molecule has 0 saturated carbocycles. The molecule has 0 atom stereocenters. The van der Waals surface area contributed by atoms with E-state index in [1.165, 1.54) is 0 Å². The molecule has 1 N–H and O–H groups in total. The summed E-state index contributed by atoms with van der Waals surface area (Å²) in [6.07, 6.45) is 7.85. The molecule has 4 aromatic rings. The molecule has 0 bridgehead atoms. The normalized spacial score (nSPS) is 14.6. The van der Waals surface area contributed by atoms with Crippen molar-refractivity contribution in [3.8, 4) is 0 Å². The fourth-order valence-electron chi connectivity index (χ4n) is 4.18. The highest BCUT2D eigenvalue weighted by molar-refractivity contribution is 6.04. The molecule has 2 aromatic heterocycles. The highest BCUT2D eigenvalue weighted by Crippen LogP contribution is 2.23. The van der Waals surface area contributed by atoms with Crippen molar-refractivity contribution in [2.45, 2.75) is 25.3 Å². The van der Waals surface area contributed by atoms with Gasteiger partial charge in [0, 0.05) is 42.6 Å². The summed E-state index contributed by atoms with van der Waals surface area (Å²) >= 11 is 0. The van der Waals surface area contributed by atoms with Crippen LogP contribution < -0.4 is 5.32 Å². The van der Waals surface area contributed by atoms with Gasteiger partial charge in [-0.15, -0.1) is 0 Å². The predicted octanol–water partition coefficient (Wildman–Crippen LogP) is 4.29. The summed E-state index contributed by atoms with van der Waals surface area (Å²) in [6.45, 7) is 1.51. The van der Waals surface area contributed by atoms with E-state index in [9.17, 15) is 9.59 Å². The van der Waals surface area contributed by atoms with Crippen molar-refractivity contribution in [2.75, 3.05) is 18.4 Å². The molecule has 5 rings (SSSR count). The zero-order chi connectivity index (χ0) is 21.9. The molecule has 2 aromatic carbocycles. The maximum atomic E-state index is 12.7. The fourth-order valence-corrected chi connectivity index (χ4v) is 4.18. The van der Waals surface area contributed by atoms with Gasteiger partial charge in [0.25, 0.3) is 5.91 Å². The highest BCUT2D eigenvalue weighted by atomic mass is 16.3. The van der Waals surface area contributed by atoms with Crippen LogP contribution >= 0.6 is 0 Å². The molecule has 0 radical (unpaired) electrons. The lowest BCUT2D eigenvalue weighted by molar-refractivity contribution is -0.131. The number of benzene rings is 2. The molecule has 162 valence electrons. The number of anilines is 1. The molecule has 3 heterocycles. The number of carbonyl (C=O) groups is 2. The Labute approximate surface area is 185 Å². The van der Waals surface area contributed by atoms with Crippen LogP contribution in [0.15, 0.2) is 77.7 Å². The second kappa shape index (κ2) is 8.70. The number of imidazole rings is 1. The highest BCUT2D eigenvalue weighted by Gasteiger charge is 2.23. The first-order valence-electron chi connectivity index (χ1n) is 10.8. The molecule has 0 spiro atoms. The maximum Gasteiger partial charge on any atom is 0.291 e. The summed E-state index contributed by atoms with van der Waals surface area (Å²) < 4.78 is 7.73. The minimum Gasteiger partial charge on any atom is -0.451 e. The molecule has 0 unspecified atom stereocenters. The predicted molar refractivity (Wildman–Crippen MR) is 121 cm³/mol. The summed E-state index contributed by atoms with van der Waals surface area (Å²) in [7, 11) is 0. The quantitative estimate of drug-likeness (QED) is 0.514. The van der Waals surface area contributed by atoms with Gasteiger partial charge in [-0.1, -0.05) is 30.3 Å². The van der Waals surface area contributed by atoms with Crippen LogP contribution in [-0.2, 0) is 11.2 Å². The number of piperidine rings is 1. The van der Waals surface area contributed by atoms with Crippen molar-refractivity contribution >= 4 is 28.5 Å². The molecule has 1 aliphatic heterocycles. The van der Waals surface area contributed by atoms with Crippen molar-refractivity contribution < 1.29 is 14.0 Å². The molecule has 7 heteroatoms. The Hall–Kier alpha value is -3.87. The number of aromatic nitrogens is 2. The number of likely N-dealkylation sites (tertiary alicyclic amines) is 1. The molecule has 2 amide bonds. The van der Waals surface area contributed by atoms with Crippen LogP contribution in [0.2, 0.25) is 0 Å². The van der Waals surface area contributed by atoms with Crippen LogP contribution in [-0.4, -0.2) is 39.4 Å². The average Bonchev–Trinajstić information content (AvgIpc) is 3.51. The third kappa shape index (κ3) is 4.27. The van der Waals surface area contributed by atoms with Crippen LogP contribution in [0, 0.1) is 0 Å². The molecule has 7 nitrogen and oxygen atoms in total. The van der Waals surface area contributed by atoms with E-state index in [-0.39, 0.29) is 17.6 Å². The van der Waals surface area contributed by atoms with Gasteiger partial charge < -0.3 is 19.2 Å². The number of rotatable bonds is 5. The topological polar surface area (TPSA) is 80.4 Å². The number of hydrogen-bond acceptors (Lipinski definition) is 4. The van der Waals surface area contributed by atoms with E-state index < -0.39 is 0 Å². The number of nitrogens with one attached hydrogen (secondary N) is 1. The van der Waals surface area contributed by atoms with Gasteiger partial charge in [-0.2, -0.15) is 0 Å². The van der Waals surface area contributed by atoms with Crippen molar-refractivity contribution in [1.82, 2.24) is 14.5 Å². The minimum absolute atomic E-state index is 0.133. The first-order valence-corrected chi connectivity index (χ1v) is 10.8. The van der Waals surface area contributed by atoms with Gasteiger partial charge in [0.15, 0.2) is 5.76 Å². The van der Waals surface area contributed by atoms with Gasteiger partial charge in [0.2, 0.25) is 5.91 Å². The van der Waals surface area contributed by atoms with E-state index >= 15 is 0 Å². The van der Waals surface area contributed by atoms with E-state index in [0.29, 0.717) is 23.7 Å². The minimum atomic E-state index is -0.300. The zero-order valence-electron chi connectivity index (χ0n) is 17.6. The first-order chi connectivity index (χ1) is 15.7. The second-order valence-corrected chi connectivity index (χ2v) is 8.10. The summed E-state index contributed by atoms with van der Waals surface area (Å²) in [5.41, 5.74) is 2.27. The van der Waals surface area contributed by atoms with Gasteiger partial charge >= 0.3 is 0 Å². The van der Waals surface area contributed by atoms with Gasteiger partial charge in [0.05, 0.1) is 12.7 Å². The van der Waals surface area contributed by atoms with Crippen molar-refractivity contribution in [3.63, 3.8) is 0 Å². The molecular weight excluding hydrogens is 404 g/mol. The third-order valence-corrected chi connectivity index (χ3v) is 5.98. The number of hydrogen-bond donors (Lipinski definition) is 1. The van der Waals surface area contributed by atoms with Crippen LogP contribution in [0.5, 0.6) is 0 Å². The Kier molecular flexibility index (Phi) is 5.46. The molecule has 32 heavy (non-hydrogen) atoms. The lowest BCUT2D eigenvalue weighted by atomic mass is 10.0. The van der Waals surface area contributed by atoms with Gasteiger partial charge in [-0.05, 0) is 42.7 Å². The van der Waals surface area contributed by atoms with E-state index in [1.807, 2.05) is 66.0 Å². The summed E-state index contributed by atoms with van der Waals surface area (Å²) in [4.78, 5) is 31.3. The lowest BCUT2D eigenvalue weighted by Gasteiger charge is -2.32. The Morgan fingerprint density at radius 3 is 2.56 bits per heavy atom. The SMILES string of the molecule is O=C(Nc1ccc(CC(=O)N2CCC(n3ccnc3)CC2)cc1)c1cc2ccccc2o1. The van der Waals surface area contributed by atoms with Crippen LogP contribution in [0.3, 0.4) is 0 Å². The number of amides is 2.